The molecule has 1 aliphatic rings. The lowest BCUT2D eigenvalue weighted by Crippen LogP contribution is -2.37. The van der Waals surface area contributed by atoms with Crippen molar-refractivity contribution in [1.29, 1.82) is 0 Å². The Morgan fingerprint density at radius 3 is 2.83 bits per heavy atom. The fraction of sp³-hybridized carbons (Fsp3) is 0.571. The van der Waals surface area contributed by atoms with Gasteiger partial charge in [0.05, 0.1) is 0 Å². The summed E-state index contributed by atoms with van der Waals surface area (Å²) in [6.45, 7) is 2.11. The molecule has 1 atom stereocenters. The monoisotopic (exact) mass is 247 g/mol. The maximum Gasteiger partial charge on any atom is 0.251 e. The number of aromatic nitrogens is 1. The molecule has 98 valence electrons. The molecule has 1 amide bonds. The predicted molar refractivity (Wildman–Crippen MR) is 72.7 cm³/mol. The van der Waals surface area contributed by atoms with E-state index < -0.39 is 0 Å². The molecule has 0 aliphatic heterocycles. The van der Waals surface area contributed by atoms with Crippen LogP contribution in [0, 0.1) is 5.92 Å². The highest BCUT2D eigenvalue weighted by Crippen LogP contribution is 2.27. The highest BCUT2D eigenvalue weighted by molar-refractivity contribution is 5.94. The van der Waals surface area contributed by atoms with E-state index in [1.165, 1.54) is 25.7 Å². The fourth-order valence-corrected chi connectivity index (χ4v) is 2.57. The van der Waals surface area contributed by atoms with Gasteiger partial charge in [-0.15, -0.1) is 0 Å². The summed E-state index contributed by atoms with van der Waals surface area (Å²) in [6, 6.07) is 3.78. The number of hydrogen-bond acceptors (Lipinski definition) is 3. The molecule has 1 aliphatic carbocycles. The van der Waals surface area contributed by atoms with Gasteiger partial charge in [0.25, 0.3) is 5.91 Å². The molecule has 4 heteroatoms. The van der Waals surface area contributed by atoms with Crippen molar-refractivity contribution in [1.82, 2.24) is 10.3 Å². The molecule has 1 unspecified atom stereocenters. The third-order valence-corrected chi connectivity index (χ3v) is 3.74. The molecule has 0 radical (unpaired) electrons. The molecule has 1 aromatic rings. The summed E-state index contributed by atoms with van der Waals surface area (Å²) in [5, 5.41) is 6.03. The van der Waals surface area contributed by atoms with Gasteiger partial charge in [-0.2, -0.15) is 0 Å². The van der Waals surface area contributed by atoms with Gasteiger partial charge in [-0.25, -0.2) is 4.98 Å². The molecule has 0 aromatic carbocycles. The summed E-state index contributed by atoms with van der Waals surface area (Å²) in [4.78, 5) is 16.2. The second-order valence-corrected chi connectivity index (χ2v) is 4.99. The van der Waals surface area contributed by atoms with Crippen LogP contribution in [0.2, 0.25) is 0 Å². The Kier molecular flexibility index (Phi) is 4.18. The highest BCUT2D eigenvalue weighted by atomic mass is 16.1. The van der Waals surface area contributed by atoms with Crippen molar-refractivity contribution in [3.05, 3.63) is 23.9 Å². The third kappa shape index (κ3) is 3.00. The van der Waals surface area contributed by atoms with E-state index in [0.717, 1.165) is 5.82 Å². The maximum atomic E-state index is 12.1. The van der Waals surface area contributed by atoms with Gasteiger partial charge in [0.1, 0.15) is 5.82 Å². The zero-order valence-electron chi connectivity index (χ0n) is 11.1. The molecule has 1 aromatic heterocycles. The summed E-state index contributed by atoms with van der Waals surface area (Å²) in [7, 11) is 1.80. The Bertz CT molecular complexity index is 413. The van der Waals surface area contributed by atoms with Gasteiger partial charge in [-0.3, -0.25) is 4.79 Å². The summed E-state index contributed by atoms with van der Waals surface area (Å²) in [5.41, 5.74) is 0.666. The van der Waals surface area contributed by atoms with Crippen LogP contribution in [0.4, 0.5) is 5.82 Å². The zero-order chi connectivity index (χ0) is 13.0. The van der Waals surface area contributed by atoms with Crippen LogP contribution < -0.4 is 10.6 Å². The topological polar surface area (TPSA) is 54.0 Å². The van der Waals surface area contributed by atoms with Crippen molar-refractivity contribution in [2.24, 2.45) is 5.92 Å². The lowest BCUT2D eigenvalue weighted by atomic mass is 9.99. The molecular formula is C14H21N3O. The number of amides is 1. The Morgan fingerprint density at radius 2 is 2.17 bits per heavy atom. The van der Waals surface area contributed by atoms with E-state index in [1.54, 1.807) is 25.4 Å². The second-order valence-electron chi connectivity index (χ2n) is 4.99. The summed E-state index contributed by atoms with van der Waals surface area (Å²) in [5.74, 6) is 1.35. The molecule has 0 spiro atoms. The number of carbonyl (C=O) groups excluding carboxylic acids is 1. The van der Waals surface area contributed by atoms with Crippen molar-refractivity contribution in [2.45, 2.75) is 38.6 Å². The van der Waals surface area contributed by atoms with E-state index in [9.17, 15) is 4.79 Å². The first-order valence-electron chi connectivity index (χ1n) is 6.65. The first kappa shape index (κ1) is 12.9. The Hall–Kier alpha value is -1.58. The van der Waals surface area contributed by atoms with Gasteiger partial charge >= 0.3 is 0 Å². The molecular weight excluding hydrogens is 226 g/mol. The number of carbonyl (C=O) groups is 1. The smallest absolute Gasteiger partial charge is 0.251 e. The molecule has 4 nitrogen and oxygen atoms in total. The fourth-order valence-electron chi connectivity index (χ4n) is 2.57. The molecule has 2 N–H and O–H groups in total. The minimum atomic E-state index is -0.00620. The number of nitrogens with zero attached hydrogens (tertiary/aromatic N) is 1. The summed E-state index contributed by atoms with van der Waals surface area (Å²) < 4.78 is 0. The standard InChI is InChI=1S/C14H21N3O/c1-10(11-5-3-4-6-11)17-14(18)12-7-8-16-13(9-12)15-2/h7-11H,3-6H2,1-2H3,(H,15,16)(H,17,18). The lowest BCUT2D eigenvalue weighted by Gasteiger charge is -2.20. The van der Waals surface area contributed by atoms with E-state index in [0.29, 0.717) is 11.5 Å². The quantitative estimate of drug-likeness (QED) is 0.859. The number of anilines is 1. The Labute approximate surface area is 108 Å². The van der Waals surface area contributed by atoms with Crippen molar-refractivity contribution < 1.29 is 4.79 Å². The van der Waals surface area contributed by atoms with E-state index in [2.05, 4.69) is 22.5 Å². The summed E-state index contributed by atoms with van der Waals surface area (Å²) in [6.07, 6.45) is 6.72. The number of nitrogens with one attached hydrogen (secondary N) is 2. The van der Waals surface area contributed by atoms with Crippen LogP contribution >= 0.6 is 0 Å². The SMILES string of the molecule is CNc1cc(C(=O)NC(C)C2CCCC2)ccn1. The van der Waals surface area contributed by atoms with E-state index >= 15 is 0 Å². The first-order valence-corrected chi connectivity index (χ1v) is 6.65. The third-order valence-electron chi connectivity index (χ3n) is 3.74. The number of rotatable bonds is 4. The molecule has 1 heterocycles. The normalized spacial score (nSPS) is 17.4. The molecule has 18 heavy (non-hydrogen) atoms. The molecule has 2 rings (SSSR count). The van der Waals surface area contributed by atoms with Gasteiger partial charge in [0.15, 0.2) is 0 Å². The minimum absolute atomic E-state index is 0.00620. The summed E-state index contributed by atoms with van der Waals surface area (Å²) >= 11 is 0. The highest BCUT2D eigenvalue weighted by Gasteiger charge is 2.23. The number of pyridine rings is 1. The zero-order valence-corrected chi connectivity index (χ0v) is 11.1. The van der Waals surface area contributed by atoms with Crippen molar-refractivity contribution in [3.8, 4) is 0 Å². The van der Waals surface area contributed by atoms with Crippen LogP contribution in [0.1, 0.15) is 43.0 Å². The average Bonchev–Trinajstić information content (AvgIpc) is 2.92. The van der Waals surface area contributed by atoms with Crippen LogP contribution in [-0.2, 0) is 0 Å². The van der Waals surface area contributed by atoms with Crippen LogP contribution in [0.3, 0.4) is 0 Å². The lowest BCUT2D eigenvalue weighted by molar-refractivity contribution is 0.0927. The van der Waals surface area contributed by atoms with Gasteiger partial charge in [-0.05, 0) is 37.8 Å². The van der Waals surface area contributed by atoms with Crippen LogP contribution in [0.5, 0.6) is 0 Å². The van der Waals surface area contributed by atoms with Crippen LogP contribution in [0.15, 0.2) is 18.3 Å². The van der Waals surface area contributed by atoms with Gasteiger partial charge in [-0.1, -0.05) is 12.8 Å². The second kappa shape index (κ2) is 5.85. The van der Waals surface area contributed by atoms with Crippen LogP contribution in [0.25, 0.3) is 0 Å². The van der Waals surface area contributed by atoms with Crippen LogP contribution in [-0.4, -0.2) is 24.0 Å². The van der Waals surface area contributed by atoms with Gasteiger partial charge in [0, 0.05) is 24.8 Å². The van der Waals surface area contributed by atoms with E-state index in [-0.39, 0.29) is 11.9 Å². The molecule has 1 fully saturated rings. The van der Waals surface area contributed by atoms with Crippen molar-refractivity contribution in [2.75, 3.05) is 12.4 Å². The minimum Gasteiger partial charge on any atom is -0.373 e. The molecule has 0 saturated heterocycles. The Balaban J connectivity index is 1.97. The Morgan fingerprint density at radius 1 is 1.44 bits per heavy atom. The average molecular weight is 247 g/mol. The number of hydrogen-bond donors (Lipinski definition) is 2. The largest absolute Gasteiger partial charge is 0.373 e. The molecule has 1 saturated carbocycles. The van der Waals surface area contributed by atoms with E-state index in [4.69, 9.17) is 0 Å². The van der Waals surface area contributed by atoms with E-state index in [1.807, 2.05) is 0 Å². The maximum absolute atomic E-state index is 12.1. The molecule has 0 bridgehead atoms. The van der Waals surface area contributed by atoms with Gasteiger partial charge in [0.2, 0.25) is 0 Å². The van der Waals surface area contributed by atoms with Crippen molar-refractivity contribution >= 4 is 11.7 Å². The predicted octanol–water partition coefficient (Wildman–Crippen LogP) is 2.43. The first-order chi connectivity index (χ1) is 8.70. The van der Waals surface area contributed by atoms with Crippen molar-refractivity contribution in [3.63, 3.8) is 0 Å². The van der Waals surface area contributed by atoms with Gasteiger partial charge < -0.3 is 10.6 Å².